The van der Waals surface area contributed by atoms with Crippen molar-refractivity contribution in [2.45, 2.75) is 19.8 Å². The Morgan fingerprint density at radius 2 is 2.10 bits per heavy atom. The summed E-state index contributed by atoms with van der Waals surface area (Å²) < 4.78 is 0. The maximum absolute atomic E-state index is 12.4. The van der Waals surface area contributed by atoms with Crippen LogP contribution in [-0.4, -0.2) is 47.3 Å². The molecule has 0 saturated heterocycles. The summed E-state index contributed by atoms with van der Waals surface area (Å²) in [6.45, 7) is 2.66. The van der Waals surface area contributed by atoms with Crippen molar-refractivity contribution < 1.29 is 15.0 Å². The first kappa shape index (κ1) is 17.5. The van der Waals surface area contributed by atoms with Gasteiger partial charge in [-0.3, -0.25) is 4.79 Å². The molecule has 1 rings (SSSR count). The van der Waals surface area contributed by atoms with Crippen LogP contribution in [0.15, 0.2) is 18.2 Å². The average Bonchev–Trinajstić information content (AvgIpc) is 2.49. The van der Waals surface area contributed by atoms with E-state index in [4.69, 9.17) is 21.8 Å². The molecule has 2 N–H and O–H groups in total. The lowest BCUT2D eigenvalue weighted by molar-refractivity contribution is 0.0719. The van der Waals surface area contributed by atoms with Crippen LogP contribution in [0.1, 0.15) is 35.7 Å². The van der Waals surface area contributed by atoms with Gasteiger partial charge < -0.3 is 15.1 Å². The number of halogens is 1. The third-order valence-electron chi connectivity index (χ3n) is 2.96. The van der Waals surface area contributed by atoms with Crippen molar-refractivity contribution in [3.63, 3.8) is 0 Å². The van der Waals surface area contributed by atoms with E-state index in [0.29, 0.717) is 29.2 Å². The minimum Gasteiger partial charge on any atom is -0.395 e. The number of nitrogens with zero attached hydrogens (tertiary/aromatic N) is 1. The number of hydrogen-bond acceptors (Lipinski definition) is 3. The van der Waals surface area contributed by atoms with Gasteiger partial charge in [-0.2, -0.15) is 0 Å². The summed E-state index contributed by atoms with van der Waals surface area (Å²) in [7, 11) is 0. The standard InChI is InChI=1S/C16H20ClNO3/c1-2-3-8-18(9-11-20)16(21)14-7-6-13(5-4-10-19)15(17)12-14/h6-7,12,19-20H,2-3,8-11H2,1H3. The number of benzene rings is 1. The van der Waals surface area contributed by atoms with E-state index >= 15 is 0 Å². The van der Waals surface area contributed by atoms with Crippen molar-refractivity contribution in [2.75, 3.05) is 26.3 Å². The molecule has 0 heterocycles. The molecular formula is C16H20ClNO3. The number of carbonyl (C=O) groups excluding carboxylic acids is 1. The van der Waals surface area contributed by atoms with Crippen LogP contribution < -0.4 is 0 Å². The molecule has 1 aromatic rings. The van der Waals surface area contributed by atoms with Gasteiger partial charge in [0.15, 0.2) is 0 Å². The Balaban J connectivity index is 2.92. The molecule has 0 fully saturated rings. The van der Waals surface area contributed by atoms with Crippen molar-refractivity contribution in [3.05, 3.63) is 34.3 Å². The Bertz CT molecular complexity index is 534. The smallest absolute Gasteiger partial charge is 0.253 e. The molecular weight excluding hydrogens is 290 g/mol. The van der Waals surface area contributed by atoms with Gasteiger partial charge in [0.1, 0.15) is 6.61 Å². The molecule has 114 valence electrons. The van der Waals surface area contributed by atoms with Crippen LogP contribution in [0.3, 0.4) is 0 Å². The monoisotopic (exact) mass is 309 g/mol. The molecule has 0 bridgehead atoms. The maximum atomic E-state index is 12.4. The second-order valence-electron chi connectivity index (χ2n) is 4.52. The molecule has 0 atom stereocenters. The Hall–Kier alpha value is -1.54. The summed E-state index contributed by atoms with van der Waals surface area (Å²) in [5.41, 5.74) is 1.05. The summed E-state index contributed by atoms with van der Waals surface area (Å²) >= 11 is 6.09. The zero-order valence-corrected chi connectivity index (χ0v) is 12.9. The van der Waals surface area contributed by atoms with Crippen molar-refractivity contribution >= 4 is 17.5 Å². The molecule has 4 nitrogen and oxygen atoms in total. The lowest BCUT2D eigenvalue weighted by atomic mass is 10.1. The van der Waals surface area contributed by atoms with Crippen molar-refractivity contribution in [1.29, 1.82) is 0 Å². The summed E-state index contributed by atoms with van der Waals surface area (Å²) in [6, 6.07) is 4.89. The maximum Gasteiger partial charge on any atom is 0.253 e. The molecule has 0 saturated carbocycles. The van der Waals surface area contributed by atoms with E-state index in [-0.39, 0.29) is 19.1 Å². The summed E-state index contributed by atoms with van der Waals surface area (Å²) in [5.74, 6) is 5.09. The third-order valence-corrected chi connectivity index (χ3v) is 3.27. The molecule has 0 aliphatic heterocycles. The second-order valence-corrected chi connectivity index (χ2v) is 4.93. The normalized spacial score (nSPS) is 9.90. The predicted molar refractivity (Wildman–Crippen MR) is 83.3 cm³/mol. The molecule has 0 aliphatic rings. The highest BCUT2D eigenvalue weighted by Crippen LogP contribution is 2.18. The molecule has 5 heteroatoms. The van der Waals surface area contributed by atoms with Crippen molar-refractivity contribution in [1.82, 2.24) is 4.90 Å². The molecule has 0 aliphatic carbocycles. The van der Waals surface area contributed by atoms with Crippen LogP contribution in [0.5, 0.6) is 0 Å². The van der Waals surface area contributed by atoms with E-state index in [1.165, 1.54) is 0 Å². The highest BCUT2D eigenvalue weighted by atomic mass is 35.5. The SMILES string of the molecule is CCCCN(CCO)C(=O)c1ccc(C#CCO)c(Cl)c1. The quantitative estimate of drug-likeness (QED) is 0.789. The van der Waals surface area contributed by atoms with Crippen molar-refractivity contribution in [2.24, 2.45) is 0 Å². The Morgan fingerprint density at radius 1 is 1.33 bits per heavy atom. The van der Waals surface area contributed by atoms with Gasteiger partial charge in [0.05, 0.1) is 11.6 Å². The minimum absolute atomic E-state index is 0.0662. The molecule has 0 unspecified atom stereocenters. The van der Waals surface area contributed by atoms with Gasteiger partial charge in [0.25, 0.3) is 5.91 Å². The highest BCUT2D eigenvalue weighted by molar-refractivity contribution is 6.32. The van der Waals surface area contributed by atoms with Crippen LogP contribution in [0.25, 0.3) is 0 Å². The zero-order valence-electron chi connectivity index (χ0n) is 12.1. The molecule has 0 spiro atoms. The number of aliphatic hydroxyl groups excluding tert-OH is 2. The number of amides is 1. The number of rotatable bonds is 6. The number of carbonyl (C=O) groups is 1. The van der Waals surface area contributed by atoms with Gasteiger partial charge in [-0.05, 0) is 24.6 Å². The largest absolute Gasteiger partial charge is 0.395 e. The molecule has 0 radical (unpaired) electrons. The van der Waals surface area contributed by atoms with Gasteiger partial charge in [-0.1, -0.05) is 36.8 Å². The zero-order chi connectivity index (χ0) is 15.7. The molecule has 1 aromatic carbocycles. The lowest BCUT2D eigenvalue weighted by Crippen LogP contribution is -2.34. The van der Waals surface area contributed by atoms with E-state index < -0.39 is 0 Å². The van der Waals surface area contributed by atoms with Crippen LogP contribution in [-0.2, 0) is 0 Å². The first-order valence-electron chi connectivity index (χ1n) is 6.93. The van der Waals surface area contributed by atoms with Crippen LogP contribution in [0.2, 0.25) is 5.02 Å². The third kappa shape index (κ3) is 5.39. The van der Waals surface area contributed by atoms with Crippen LogP contribution in [0, 0.1) is 11.8 Å². The van der Waals surface area contributed by atoms with Gasteiger partial charge in [0.2, 0.25) is 0 Å². The molecule has 21 heavy (non-hydrogen) atoms. The Morgan fingerprint density at radius 3 is 2.67 bits per heavy atom. The Kier molecular flexibility index (Phi) is 7.84. The second kappa shape index (κ2) is 9.41. The number of aliphatic hydroxyl groups is 2. The fourth-order valence-corrected chi connectivity index (χ4v) is 2.08. The molecule has 0 aromatic heterocycles. The van der Waals surface area contributed by atoms with Gasteiger partial charge in [0, 0.05) is 24.2 Å². The van der Waals surface area contributed by atoms with E-state index in [9.17, 15) is 4.79 Å². The number of unbranched alkanes of at least 4 members (excludes halogenated alkanes) is 1. The summed E-state index contributed by atoms with van der Waals surface area (Å²) in [6.07, 6.45) is 1.87. The first-order valence-corrected chi connectivity index (χ1v) is 7.31. The summed E-state index contributed by atoms with van der Waals surface area (Å²) in [5, 5.41) is 18.1. The van der Waals surface area contributed by atoms with Crippen LogP contribution >= 0.6 is 11.6 Å². The number of hydrogen-bond donors (Lipinski definition) is 2. The van der Waals surface area contributed by atoms with E-state index in [2.05, 4.69) is 11.8 Å². The van der Waals surface area contributed by atoms with Crippen LogP contribution in [0.4, 0.5) is 0 Å². The van der Waals surface area contributed by atoms with Crippen molar-refractivity contribution in [3.8, 4) is 11.8 Å². The topological polar surface area (TPSA) is 60.8 Å². The van der Waals surface area contributed by atoms with Gasteiger partial charge >= 0.3 is 0 Å². The average molecular weight is 310 g/mol. The lowest BCUT2D eigenvalue weighted by Gasteiger charge is -2.21. The summed E-state index contributed by atoms with van der Waals surface area (Å²) in [4.78, 5) is 14.0. The first-order chi connectivity index (χ1) is 10.1. The predicted octanol–water partition coefficient (Wildman–Crippen LogP) is 1.92. The highest BCUT2D eigenvalue weighted by Gasteiger charge is 2.15. The van der Waals surface area contributed by atoms with E-state index in [0.717, 1.165) is 12.8 Å². The Labute approximate surface area is 130 Å². The minimum atomic E-state index is -0.238. The molecule has 1 amide bonds. The van der Waals surface area contributed by atoms with E-state index in [1.807, 2.05) is 6.92 Å². The van der Waals surface area contributed by atoms with Gasteiger partial charge in [-0.25, -0.2) is 0 Å². The van der Waals surface area contributed by atoms with Gasteiger partial charge in [-0.15, -0.1) is 0 Å². The fourth-order valence-electron chi connectivity index (χ4n) is 1.85. The van der Waals surface area contributed by atoms with E-state index in [1.54, 1.807) is 23.1 Å². The fraction of sp³-hybridized carbons (Fsp3) is 0.438.